The number of rotatable bonds is 5. The van der Waals surface area contributed by atoms with Crippen molar-refractivity contribution in [2.75, 3.05) is 17.2 Å². The lowest BCUT2D eigenvalue weighted by Gasteiger charge is -2.08. The van der Waals surface area contributed by atoms with Crippen molar-refractivity contribution in [3.8, 4) is 0 Å². The Kier molecular flexibility index (Phi) is 4.79. The zero-order valence-electron chi connectivity index (χ0n) is 13.8. The van der Waals surface area contributed by atoms with E-state index in [2.05, 4.69) is 10.6 Å². The predicted octanol–water partition coefficient (Wildman–Crippen LogP) is 3.00. The summed E-state index contributed by atoms with van der Waals surface area (Å²) in [6.07, 6.45) is 1.02. The van der Waals surface area contributed by atoms with Gasteiger partial charge >= 0.3 is 5.97 Å². The molecule has 3 rings (SSSR count). The summed E-state index contributed by atoms with van der Waals surface area (Å²) in [4.78, 5) is 35.7. The van der Waals surface area contributed by atoms with Crippen molar-refractivity contribution < 1.29 is 19.1 Å². The van der Waals surface area contributed by atoms with Crippen LogP contribution in [0.5, 0.6) is 0 Å². The largest absolute Gasteiger partial charge is 0.462 e. The molecule has 0 atom stereocenters. The van der Waals surface area contributed by atoms with Crippen molar-refractivity contribution in [2.45, 2.75) is 19.8 Å². The first-order valence-electron chi connectivity index (χ1n) is 8.08. The van der Waals surface area contributed by atoms with Gasteiger partial charge in [0.15, 0.2) is 0 Å². The molecule has 2 amide bonds. The van der Waals surface area contributed by atoms with E-state index in [0.29, 0.717) is 23.4 Å². The average Bonchev–Trinajstić information content (AvgIpc) is 2.98. The Bertz CT molecular complexity index is 845. The quantitative estimate of drug-likeness (QED) is 0.821. The fourth-order valence-corrected chi connectivity index (χ4v) is 2.58. The van der Waals surface area contributed by atoms with Gasteiger partial charge in [0.25, 0.3) is 5.91 Å². The van der Waals surface area contributed by atoms with Crippen LogP contribution in [0.4, 0.5) is 11.4 Å². The van der Waals surface area contributed by atoms with E-state index in [9.17, 15) is 14.4 Å². The summed E-state index contributed by atoms with van der Waals surface area (Å²) >= 11 is 0. The van der Waals surface area contributed by atoms with Crippen molar-refractivity contribution in [3.05, 3.63) is 59.2 Å². The predicted molar refractivity (Wildman–Crippen MR) is 93.7 cm³/mol. The summed E-state index contributed by atoms with van der Waals surface area (Å²) in [5.41, 5.74) is 2.88. The molecule has 1 aliphatic rings. The van der Waals surface area contributed by atoms with Crippen LogP contribution in [0.25, 0.3) is 0 Å². The van der Waals surface area contributed by atoms with Crippen LogP contribution in [0.1, 0.15) is 39.6 Å². The molecule has 25 heavy (non-hydrogen) atoms. The fraction of sp³-hybridized carbons (Fsp3) is 0.211. The number of esters is 1. The number of anilines is 2. The number of nitrogens with one attached hydrogen (secondary N) is 2. The highest BCUT2D eigenvalue weighted by Crippen LogP contribution is 2.24. The number of carbonyl (C=O) groups excluding carboxylic acids is 3. The summed E-state index contributed by atoms with van der Waals surface area (Å²) < 4.78 is 5.09. The lowest BCUT2D eigenvalue weighted by Crippen LogP contribution is -2.13. The van der Waals surface area contributed by atoms with Crippen LogP contribution >= 0.6 is 0 Å². The minimum absolute atomic E-state index is 0.0779. The molecule has 0 aliphatic carbocycles. The average molecular weight is 338 g/mol. The molecule has 2 N–H and O–H groups in total. The second-order valence-electron chi connectivity index (χ2n) is 5.77. The molecule has 6 heteroatoms. The molecule has 128 valence electrons. The third-order valence-electron chi connectivity index (χ3n) is 3.79. The number of fused-ring (bicyclic) bond motifs is 1. The van der Waals surface area contributed by atoms with Gasteiger partial charge in [0.2, 0.25) is 5.91 Å². The molecule has 0 spiro atoms. The van der Waals surface area contributed by atoms with E-state index < -0.39 is 5.97 Å². The Hall–Kier alpha value is -3.15. The molecule has 1 aliphatic heterocycles. The highest BCUT2D eigenvalue weighted by atomic mass is 16.5. The van der Waals surface area contributed by atoms with Crippen molar-refractivity contribution in [1.29, 1.82) is 0 Å². The maximum atomic E-state index is 12.4. The van der Waals surface area contributed by atoms with Crippen molar-refractivity contribution in [3.63, 3.8) is 0 Å². The van der Waals surface area contributed by atoms with E-state index in [-0.39, 0.29) is 18.2 Å². The SMILES string of the molecule is CCCOC(=O)c1cccc(NC(=O)c2ccc3c(c2)CC(=O)N3)c1. The topological polar surface area (TPSA) is 84.5 Å². The van der Waals surface area contributed by atoms with Crippen LogP contribution in [0.15, 0.2) is 42.5 Å². The van der Waals surface area contributed by atoms with E-state index in [1.807, 2.05) is 6.92 Å². The molecule has 2 aromatic carbocycles. The Labute approximate surface area is 145 Å². The summed E-state index contributed by atoms with van der Waals surface area (Å²) in [6.45, 7) is 2.28. The first-order valence-corrected chi connectivity index (χ1v) is 8.08. The minimum atomic E-state index is -0.417. The number of ether oxygens (including phenoxy) is 1. The molecule has 1 heterocycles. The van der Waals surface area contributed by atoms with Crippen molar-refractivity contribution in [1.82, 2.24) is 0 Å². The monoisotopic (exact) mass is 338 g/mol. The number of benzene rings is 2. The standard InChI is InChI=1S/C19H18N2O4/c1-2-8-25-19(24)13-4-3-5-15(10-13)20-18(23)12-6-7-16-14(9-12)11-17(22)21-16/h3-7,9-10H,2,8,11H2,1H3,(H,20,23)(H,21,22). The van der Waals surface area contributed by atoms with E-state index in [1.54, 1.807) is 42.5 Å². The third kappa shape index (κ3) is 3.85. The molecule has 0 unspecified atom stereocenters. The Balaban J connectivity index is 1.72. The van der Waals surface area contributed by atoms with E-state index >= 15 is 0 Å². The van der Waals surface area contributed by atoms with Crippen LogP contribution in [-0.4, -0.2) is 24.4 Å². The van der Waals surface area contributed by atoms with Gasteiger partial charge in [0.1, 0.15) is 0 Å². The Morgan fingerprint density at radius 2 is 2.00 bits per heavy atom. The summed E-state index contributed by atoms with van der Waals surface area (Å²) in [6, 6.07) is 11.7. The normalized spacial score (nSPS) is 12.3. The van der Waals surface area contributed by atoms with Gasteiger partial charge in [-0.3, -0.25) is 9.59 Å². The molecule has 0 fully saturated rings. The number of amides is 2. The third-order valence-corrected chi connectivity index (χ3v) is 3.79. The zero-order chi connectivity index (χ0) is 17.8. The molecule has 0 bridgehead atoms. The van der Waals surface area contributed by atoms with E-state index in [1.165, 1.54) is 0 Å². The summed E-state index contributed by atoms with van der Waals surface area (Å²) in [5.74, 6) is -0.799. The molecular formula is C19H18N2O4. The highest BCUT2D eigenvalue weighted by Gasteiger charge is 2.19. The molecular weight excluding hydrogens is 320 g/mol. The Morgan fingerprint density at radius 1 is 1.16 bits per heavy atom. The molecule has 0 saturated heterocycles. The molecule has 2 aromatic rings. The molecule has 0 saturated carbocycles. The summed E-state index contributed by atoms with van der Waals surface area (Å²) in [5, 5.41) is 5.49. The fourth-order valence-electron chi connectivity index (χ4n) is 2.58. The van der Waals surface area contributed by atoms with Gasteiger partial charge in [-0.25, -0.2) is 4.79 Å². The first-order chi connectivity index (χ1) is 12.1. The van der Waals surface area contributed by atoms with E-state index in [0.717, 1.165) is 17.7 Å². The maximum absolute atomic E-state index is 12.4. The smallest absolute Gasteiger partial charge is 0.338 e. The molecule has 0 radical (unpaired) electrons. The lowest BCUT2D eigenvalue weighted by molar-refractivity contribution is -0.115. The van der Waals surface area contributed by atoms with Gasteiger partial charge in [-0.15, -0.1) is 0 Å². The van der Waals surface area contributed by atoms with Crippen molar-refractivity contribution in [2.24, 2.45) is 0 Å². The van der Waals surface area contributed by atoms with Crippen LogP contribution in [-0.2, 0) is 16.0 Å². The second kappa shape index (κ2) is 7.17. The highest BCUT2D eigenvalue weighted by molar-refractivity contribution is 6.06. The van der Waals surface area contributed by atoms with Crippen LogP contribution < -0.4 is 10.6 Å². The van der Waals surface area contributed by atoms with E-state index in [4.69, 9.17) is 4.74 Å². The van der Waals surface area contributed by atoms with Gasteiger partial charge < -0.3 is 15.4 Å². The maximum Gasteiger partial charge on any atom is 0.338 e. The zero-order valence-corrected chi connectivity index (χ0v) is 13.8. The van der Waals surface area contributed by atoms with Gasteiger partial charge in [0, 0.05) is 16.9 Å². The van der Waals surface area contributed by atoms with Gasteiger partial charge in [-0.2, -0.15) is 0 Å². The van der Waals surface area contributed by atoms with Gasteiger partial charge in [-0.1, -0.05) is 13.0 Å². The second-order valence-corrected chi connectivity index (χ2v) is 5.77. The molecule has 6 nitrogen and oxygen atoms in total. The minimum Gasteiger partial charge on any atom is -0.462 e. The number of carbonyl (C=O) groups is 3. The number of hydrogen-bond donors (Lipinski definition) is 2. The first kappa shape index (κ1) is 16.7. The lowest BCUT2D eigenvalue weighted by atomic mass is 10.1. The van der Waals surface area contributed by atoms with Gasteiger partial charge in [-0.05, 0) is 48.4 Å². The van der Waals surface area contributed by atoms with Crippen LogP contribution in [0.3, 0.4) is 0 Å². The van der Waals surface area contributed by atoms with Crippen molar-refractivity contribution >= 4 is 29.2 Å². The molecule has 0 aromatic heterocycles. The van der Waals surface area contributed by atoms with Crippen LogP contribution in [0, 0.1) is 0 Å². The van der Waals surface area contributed by atoms with Gasteiger partial charge in [0.05, 0.1) is 18.6 Å². The van der Waals surface area contributed by atoms with Crippen LogP contribution in [0.2, 0.25) is 0 Å². The summed E-state index contributed by atoms with van der Waals surface area (Å²) in [7, 11) is 0. The number of hydrogen-bond acceptors (Lipinski definition) is 4. The Morgan fingerprint density at radius 3 is 2.80 bits per heavy atom.